The summed E-state index contributed by atoms with van der Waals surface area (Å²) in [6.07, 6.45) is 4.03. The number of rotatable bonds is 14. The molecule has 126 heavy (non-hydrogen) atoms. The van der Waals surface area contributed by atoms with Crippen molar-refractivity contribution >= 4 is 103 Å². The Kier molecular flexibility index (Phi) is 25.4. The van der Waals surface area contributed by atoms with E-state index in [1.54, 1.807) is 0 Å². The van der Waals surface area contributed by atoms with Crippen molar-refractivity contribution in [1.82, 2.24) is 39.0 Å². The number of aryl methyl sites for hydroxylation is 2. The number of fused-ring (bicyclic) bond motifs is 9. The van der Waals surface area contributed by atoms with Gasteiger partial charge >= 0.3 is 0 Å². The smallest absolute Gasteiger partial charge is 0.216 e. The molecule has 0 atom stereocenters. The standard InChI is InChI=1S/C46H36N3O.C38H26N3O.2C14H16NSi.2Ir/c1-28(2)38-26-34(33-22-21-30-13-8-9-16-32(30)25-33)27-39(29(3)4)43(38)49-42-20-11-10-19-41(42)47-45(49)37-18-12-17-35-36-23-24-40(31-14-6-5-7-15-31)48-46(36)50-44(35)37;1-24-22-28(26-12-5-3-6-13-26)23-25(2)35(24)41-34-19-10-9-18-33(34)39-37(41)31-17-11-16-29-30-20-21-32(27-14-7-4-8-15-27)40-38(30)42-36(29)31;2*1-16(2,3)13-9-10-14(15-11-13)12-7-5-4-6-8-12;;/h5-17,19-29H,1-4H3;3-16,18-23H,1-2H3;2*4-7,9-11H,1-3H3;;/q4*-1;;. The topological polar surface area (TPSA) is 113 Å². The van der Waals surface area contributed by atoms with E-state index in [0.717, 1.165) is 128 Å². The van der Waals surface area contributed by atoms with Gasteiger partial charge in [-0.2, -0.15) is 0 Å². The van der Waals surface area contributed by atoms with E-state index in [1.807, 2.05) is 122 Å². The molecule has 0 saturated heterocycles. The molecule has 10 nitrogen and oxygen atoms in total. The summed E-state index contributed by atoms with van der Waals surface area (Å²) in [4.78, 5) is 29.4. The van der Waals surface area contributed by atoms with Crippen LogP contribution < -0.4 is 10.4 Å². The number of imidazole rings is 2. The van der Waals surface area contributed by atoms with Crippen LogP contribution in [0.4, 0.5) is 0 Å². The summed E-state index contributed by atoms with van der Waals surface area (Å²) in [5.41, 5.74) is 28.3. The monoisotopic (exact) mass is 2020 g/mol. The number of hydrogen-bond donors (Lipinski definition) is 0. The maximum atomic E-state index is 6.66. The number of benzene rings is 13. The van der Waals surface area contributed by atoms with E-state index < -0.39 is 16.1 Å². The largest absolute Gasteiger partial charge is 0.486 e. The third kappa shape index (κ3) is 17.8. The van der Waals surface area contributed by atoms with Crippen molar-refractivity contribution in [3.8, 4) is 101 Å². The van der Waals surface area contributed by atoms with Gasteiger partial charge in [0, 0.05) is 85.9 Å². The van der Waals surface area contributed by atoms with Gasteiger partial charge in [-0.25, -0.2) is 9.97 Å². The fourth-order valence-corrected chi connectivity index (χ4v) is 18.6. The van der Waals surface area contributed by atoms with Crippen LogP contribution >= 0.6 is 0 Å². The minimum Gasteiger partial charge on any atom is -0.486 e. The maximum absolute atomic E-state index is 6.66. The van der Waals surface area contributed by atoms with Crippen LogP contribution in [-0.4, -0.2) is 55.2 Å². The van der Waals surface area contributed by atoms with Crippen molar-refractivity contribution in [2.24, 2.45) is 0 Å². The molecule has 0 spiro atoms. The van der Waals surface area contributed by atoms with Crippen LogP contribution in [0.3, 0.4) is 0 Å². The molecule has 0 bridgehead atoms. The minimum absolute atomic E-state index is 0. The van der Waals surface area contributed by atoms with Crippen molar-refractivity contribution in [1.29, 1.82) is 0 Å². The summed E-state index contributed by atoms with van der Waals surface area (Å²) in [6.45, 7) is 27.5. The summed E-state index contributed by atoms with van der Waals surface area (Å²) in [5.74, 6) is 2.11. The van der Waals surface area contributed by atoms with Crippen LogP contribution in [0.5, 0.6) is 0 Å². The molecule has 21 aromatic rings. The first-order valence-corrected chi connectivity index (χ1v) is 49.5. The van der Waals surface area contributed by atoms with Gasteiger partial charge in [-0.3, -0.25) is 9.97 Å². The van der Waals surface area contributed by atoms with Gasteiger partial charge in [0.25, 0.3) is 0 Å². The SMILES string of the molecule is CC(C)c1cc(-c2ccc3ccccc3c2)cc(C(C)C)c1-n1c(-c2[c-]ccc3c2oc2nc(-c4ccccc4)ccc23)nc2ccccc21.C[Si](C)(C)c1ccc(-c2[c-]cccc2)nc1.C[Si](C)(C)c1ccc(-c2[c-]cccc2)nc1.Cc1cc(-c2ccccc2)cc(C)c1-n1c(-c2[c-]ccc3c2oc2nc(-c4ccccc4)ccc23)nc2ccccc21.[Ir].[Ir]. The molecular formula is C112H94Ir2N8O2Si2-4. The van der Waals surface area contributed by atoms with E-state index in [-0.39, 0.29) is 52.0 Å². The minimum atomic E-state index is -1.23. The number of pyridine rings is 4. The Labute approximate surface area is 766 Å². The first kappa shape index (κ1) is 86.5. The van der Waals surface area contributed by atoms with Crippen LogP contribution in [0.25, 0.3) is 178 Å². The van der Waals surface area contributed by atoms with Crippen LogP contribution in [0, 0.1) is 38.1 Å². The van der Waals surface area contributed by atoms with Gasteiger partial charge in [0.1, 0.15) is 0 Å². The van der Waals surface area contributed by atoms with Gasteiger partial charge in [0.05, 0.1) is 72.4 Å². The van der Waals surface area contributed by atoms with Crippen LogP contribution in [0.2, 0.25) is 39.3 Å². The van der Waals surface area contributed by atoms with Gasteiger partial charge in [-0.15, -0.1) is 108 Å². The third-order valence-corrected chi connectivity index (χ3v) is 27.1. The Morgan fingerprint density at radius 1 is 0.317 bits per heavy atom. The number of furan rings is 2. The molecule has 0 amide bonds. The molecule has 8 aromatic heterocycles. The van der Waals surface area contributed by atoms with E-state index in [9.17, 15) is 0 Å². The van der Waals surface area contributed by atoms with Gasteiger partial charge in [-0.05, 0) is 182 Å². The van der Waals surface area contributed by atoms with Crippen molar-refractivity contribution < 1.29 is 49.0 Å². The molecule has 624 valence electrons. The zero-order chi connectivity index (χ0) is 85.3. The summed E-state index contributed by atoms with van der Waals surface area (Å²) >= 11 is 0. The molecule has 13 aromatic carbocycles. The second-order valence-corrected chi connectivity index (χ2v) is 44.5. The Bertz CT molecular complexity index is 7300. The molecule has 2 radical (unpaired) electrons. The zero-order valence-corrected chi connectivity index (χ0v) is 79.3. The van der Waals surface area contributed by atoms with Gasteiger partial charge < -0.3 is 27.9 Å². The van der Waals surface area contributed by atoms with Gasteiger partial charge in [-0.1, -0.05) is 265 Å². The Morgan fingerprint density at radius 3 is 1.15 bits per heavy atom. The normalized spacial score (nSPS) is 11.5. The summed E-state index contributed by atoms with van der Waals surface area (Å²) in [5, 5.41) is 9.23. The number of aromatic nitrogens is 8. The van der Waals surface area contributed by atoms with Crippen LogP contribution in [0.15, 0.2) is 349 Å². The van der Waals surface area contributed by atoms with Crippen molar-refractivity contribution in [3.63, 3.8) is 0 Å². The zero-order valence-electron chi connectivity index (χ0n) is 72.5. The molecule has 0 saturated carbocycles. The summed E-state index contributed by atoms with van der Waals surface area (Å²) < 4.78 is 17.8. The molecule has 0 aliphatic rings. The molecule has 0 aliphatic heterocycles. The van der Waals surface area contributed by atoms with Crippen LogP contribution in [-0.2, 0) is 40.2 Å². The number of para-hydroxylation sites is 4. The van der Waals surface area contributed by atoms with Gasteiger partial charge in [0.15, 0.2) is 0 Å². The van der Waals surface area contributed by atoms with E-state index in [2.05, 4.69) is 343 Å². The average molecular weight is 2020 g/mol. The van der Waals surface area contributed by atoms with Crippen molar-refractivity contribution in [2.45, 2.75) is 92.7 Å². The summed E-state index contributed by atoms with van der Waals surface area (Å²) in [6, 6.07) is 127. The molecular weight excluding hydrogens is 1930 g/mol. The van der Waals surface area contributed by atoms with Crippen molar-refractivity contribution in [3.05, 3.63) is 386 Å². The Morgan fingerprint density at radius 2 is 0.722 bits per heavy atom. The van der Waals surface area contributed by atoms with E-state index >= 15 is 0 Å². The average Bonchev–Trinajstić information content (AvgIpc) is 1.56. The molecule has 21 rings (SSSR count). The molecule has 0 unspecified atom stereocenters. The van der Waals surface area contributed by atoms with E-state index in [4.69, 9.17) is 28.8 Å². The van der Waals surface area contributed by atoms with E-state index in [0.29, 0.717) is 11.4 Å². The first-order chi connectivity index (χ1) is 60.2. The second-order valence-electron chi connectivity index (χ2n) is 34.4. The Hall–Kier alpha value is -13.0. The number of hydrogen-bond acceptors (Lipinski definition) is 8. The van der Waals surface area contributed by atoms with Crippen LogP contribution in [0.1, 0.15) is 61.8 Å². The van der Waals surface area contributed by atoms with E-state index in [1.165, 1.54) is 71.3 Å². The molecule has 0 fully saturated rings. The van der Waals surface area contributed by atoms with Gasteiger partial charge in [0.2, 0.25) is 11.4 Å². The predicted octanol–water partition coefficient (Wildman–Crippen LogP) is 28.4. The second kappa shape index (κ2) is 37.0. The molecule has 8 heterocycles. The first-order valence-electron chi connectivity index (χ1n) is 42.5. The molecule has 0 aliphatic carbocycles. The number of nitrogens with zero attached hydrogens (tertiary/aromatic N) is 8. The fraction of sp³-hybridized carbons (Fsp3) is 0.125. The third-order valence-electron chi connectivity index (χ3n) is 23.1. The molecule has 0 N–H and O–H groups in total. The molecule has 14 heteroatoms. The predicted molar refractivity (Wildman–Crippen MR) is 521 cm³/mol. The fourth-order valence-electron chi connectivity index (χ4n) is 16.5. The quantitative estimate of drug-likeness (QED) is 0.0781. The summed E-state index contributed by atoms with van der Waals surface area (Å²) in [7, 11) is -2.46. The maximum Gasteiger partial charge on any atom is 0.216 e. The van der Waals surface area contributed by atoms with Crippen molar-refractivity contribution in [2.75, 3.05) is 0 Å². The Balaban J connectivity index is 0.000000137.